The van der Waals surface area contributed by atoms with Crippen molar-refractivity contribution in [2.24, 2.45) is 0 Å². The quantitative estimate of drug-likeness (QED) is 0.805. The van der Waals surface area contributed by atoms with Gasteiger partial charge in [-0.25, -0.2) is 0 Å². The molecule has 4 nitrogen and oxygen atoms in total. The minimum Gasteiger partial charge on any atom is -0.481 e. The van der Waals surface area contributed by atoms with Crippen LogP contribution in [0.25, 0.3) is 0 Å². The van der Waals surface area contributed by atoms with Gasteiger partial charge in [-0.2, -0.15) is 0 Å². The van der Waals surface area contributed by atoms with Crippen LogP contribution >= 0.6 is 0 Å². The van der Waals surface area contributed by atoms with E-state index in [9.17, 15) is 9.59 Å². The highest BCUT2D eigenvalue weighted by Gasteiger charge is 2.30. The molecule has 2 N–H and O–H groups in total. The molecule has 0 spiro atoms. The summed E-state index contributed by atoms with van der Waals surface area (Å²) in [5, 5.41) is 11.6. The lowest BCUT2D eigenvalue weighted by Gasteiger charge is -2.26. The Kier molecular flexibility index (Phi) is 5.74. The third kappa shape index (κ3) is 4.68. The van der Waals surface area contributed by atoms with Gasteiger partial charge in [-0.15, -0.1) is 0 Å². The molecule has 0 aromatic heterocycles. The maximum atomic E-state index is 12.3. The number of nitrogens with one attached hydrogen (secondary N) is 1. The van der Waals surface area contributed by atoms with E-state index in [2.05, 4.69) is 5.32 Å². The van der Waals surface area contributed by atoms with Crippen molar-refractivity contribution in [2.75, 3.05) is 0 Å². The van der Waals surface area contributed by atoms with Crippen molar-refractivity contribution in [1.82, 2.24) is 5.32 Å². The molecule has 4 heteroatoms. The fourth-order valence-corrected chi connectivity index (χ4v) is 2.02. The average molecular weight is 277 g/mol. The van der Waals surface area contributed by atoms with Gasteiger partial charge in [0.25, 0.3) is 0 Å². The van der Waals surface area contributed by atoms with Crippen LogP contribution in [0.1, 0.15) is 45.6 Å². The van der Waals surface area contributed by atoms with Gasteiger partial charge < -0.3 is 10.4 Å². The predicted molar refractivity (Wildman–Crippen MR) is 78.6 cm³/mol. The van der Waals surface area contributed by atoms with Gasteiger partial charge in [0.1, 0.15) is 0 Å². The monoisotopic (exact) mass is 277 g/mol. The normalized spacial score (nSPS) is 12.8. The summed E-state index contributed by atoms with van der Waals surface area (Å²) in [6.45, 7) is 5.68. The number of aliphatic carboxylic acids is 1. The Bertz CT molecular complexity index is 454. The van der Waals surface area contributed by atoms with Crippen molar-refractivity contribution in [2.45, 2.75) is 51.5 Å². The summed E-state index contributed by atoms with van der Waals surface area (Å²) >= 11 is 0. The lowest BCUT2D eigenvalue weighted by atomic mass is 9.83. The van der Waals surface area contributed by atoms with Crippen LogP contribution in [0, 0.1) is 0 Å². The van der Waals surface area contributed by atoms with E-state index >= 15 is 0 Å². The molecular weight excluding hydrogens is 254 g/mol. The Morgan fingerprint density at radius 3 is 2.40 bits per heavy atom. The maximum Gasteiger partial charge on any atom is 0.303 e. The van der Waals surface area contributed by atoms with Gasteiger partial charge in [0, 0.05) is 12.5 Å². The molecule has 0 saturated carbocycles. The van der Waals surface area contributed by atoms with Gasteiger partial charge in [0.2, 0.25) is 5.91 Å². The first-order valence-corrected chi connectivity index (χ1v) is 6.92. The largest absolute Gasteiger partial charge is 0.481 e. The van der Waals surface area contributed by atoms with Crippen molar-refractivity contribution in [3.8, 4) is 0 Å². The number of hydrogen-bond donors (Lipinski definition) is 2. The number of hydrogen-bond acceptors (Lipinski definition) is 2. The molecule has 0 saturated heterocycles. The van der Waals surface area contributed by atoms with Crippen LogP contribution in [-0.2, 0) is 15.0 Å². The average Bonchev–Trinajstić information content (AvgIpc) is 2.39. The summed E-state index contributed by atoms with van der Waals surface area (Å²) in [6, 6.07) is 9.61. The highest BCUT2D eigenvalue weighted by atomic mass is 16.4. The van der Waals surface area contributed by atoms with Crippen LogP contribution in [0.3, 0.4) is 0 Å². The van der Waals surface area contributed by atoms with Crippen LogP contribution in [0.15, 0.2) is 30.3 Å². The molecule has 0 aliphatic rings. The van der Waals surface area contributed by atoms with Crippen LogP contribution in [0.5, 0.6) is 0 Å². The van der Waals surface area contributed by atoms with E-state index in [0.717, 1.165) is 5.56 Å². The fourth-order valence-electron chi connectivity index (χ4n) is 2.02. The highest BCUT2D eigenvalue weighted by Crippen LogP contribution is 2.23. The minimum absolute atomic E-state index is 0.0233. The summed E-state index contributed by atoms with van der Waals surface area (Å²) in [4.78, 5) is 22.8. The zero-order valence-electron chi connectivity index (χ0n) is 12.3. The van der Waals surface area contributed by atoms with Crippen molar-refractivity contribution < 1.29 is 14.7 Å². The number of carboxylic acids is 1. The molecule has 1 amide bonds. The molecule has 0 fully saturated rings. The summed E-state index contributed by atoms with van der Waals surface area (Å²) in [7, 11) is 0. The van der Waals surface area contributed by atoms with Gasteiger partial charge in [0.15, 0.2) is 0 Å². The van der Waals surface area contributed by atoms with E-state index < -0.39 is 11.4 Å². The molecule has 1 atom stereocenters. The first kappa shape index (κ1) is 16.2. The second-order valence-corrected chi connectivity index (χ2v) is 5.65. The number of carbonyl (C=O) groups is 2. The lowest BCUT2D eigenvalue weighted by Crippen LogP contribution is -2.44. The van der Waals surface area contributed by atoms with Crippen molar-refractivity contribution in [1.29, 1.82) is 0 Å². The Labute approximate surface area is 120 Å². The van der Waals surface area contributed by atoms with E-state index in [-0.39, 0.29) is 18.4 Å². The maximum absolute atomic E-state index is 12.3. The van der Waals surface area contributed by atoms with E-state index in [1.165, 1.54) is 0 Å². The van der Waals surface area contributed by atoms with Crippen LogP contribution < -0.4 is 5.32 Å². The van der Waals surface area contributed by atoms with Crippen LogP contribution in [-0.4, -0.2) is 23.0 Å². The second kappa shape index (κ2) is 7.08. The van der Waals surface area contributed by atoms with Gasteiger partial charge in [-0.3, -0.25) is 9.59 Å². The van der Waals surface area contributed by atoms with Gasteiger partial charge in [-0.05, 0) is 39.2 Å². The molecule has 110 valence electrons. The van der Waals surface area contributed by atoms with Gasteiger partial charge in [-0.1, -0.05) is 30.3 Å². The van der Waals surface area contributed by atoms with E-state index in [1.54, 1.807) is 0 Å². The third-order valence-corrected chi connectivity index (χ3v) is 3.47. The van der Waals surface area contributed by atoms with E-state index in [4.69, 9.17) is 5.11 Å². The summed E-state index contributed by atoms with van der Waals surface area (Å²) in [5.41, 5.74) is 0.373. The van der Waals surface area contributed by atoms with E-state index in [0.29, 0.717) is 12.8 Å². The molecule has 1 aromatic rings. The second-order valence-electron chi connectivity index (χ2n) is 5.65. The number of rotatable bonds is 7. The van der Waals surface area contributed by atoms with Crippen molar-refractivity contribution in [3.05, 3.63) is 35.9 Å². The summed E-state index contributed by atoms with van der Waals surface area (Å²) < 4.78 is 0. The van der Waals surface area contributed by atoms with Crippen LogP contribution in [0.2, 0.25) is 0 Å². The van der Waals surface area contributed by atoms with Crippen molar-refractivity contribution in [3.63, 3.8) is 0 Å². The van der Waals surface area contributed by atoms with Gasteiger partial charge >= 0.3 is 5.97 Å². The Morgan fingerprint density at radius 1 is 1.25 bits per heavy atom. The smallest absolute Gasteiger partial charge is 0.303 e. The van der Waals surface area contributed by atoms with Gasteiger partial charge in [0.05, 0.1) is 5.41 Å². The molecule has 20 heavy (non-hydrogen) atoms. The first-order chi connectivity index (χ1) is 9.34. The molecule has 0 bridgehead atoms. The molecular formula is C16H23NO3. The highest BCUT2D eigenvalue weighted by molar-refractivity contribution is 5.87. The van der Waals surface area contributed by atoms with E-state index in [1.807, 2.05) is 51.1 Å². The zero-order valence-corrected chi connectivity index (χ0v) is 12.3. The first-order valence-electron chi connectivity index (χ1n) is 6.92. The molecule has 0 heterocycles. The standard InChI is InChI=1S/C16H23NO3/c1-12(8-7-11-14(18)19)17-15(20)16(2,3)13-9-5-4-6-10-13/h4-6,9-10,12H,7-8,11H2,1-3H3,(H,17,20)(H,18,19). The number of carboxylic acid groups (broad SMARTS) is 1. The Morgan fingerprint density at radius 2 is 1.85 bits per heavy atom. The lowest BCUT2D eigenvalue weighted by molar-refractivity contribution is -0.137. The molecule has 0 aliphatic carbocycles. The minimum atomic E-state index is -0.798. The fraction of sp³-hybridized carbons (Fsp3) is 0.500. The molecule has 1 rings (SSSR count). The number of carbonyl (C=O) groups excluding carboxylic acids is 1. The molecule has 1 unspecified atom stereocenters. The molecule has 1 aromatic carbocycles. The summed E-state index contributed by atoms with van der Waals surface area (Å²) in [6.07, 6.45) is 1.38. The van der Waals surface area contributed by atoms with Crippen molar-refractivity contribution >= 4 is 11.9 Å². The Balaban J connectivity index is 2.55. The Hall–Kier alpha value is -1.84. The SMILES string of the molecule is CC(CCCC(=O)O)NC(=O)C(C)(C)c1ccccc1. The third-order valence-electron chi connectivity index (χ3n) is 3.47. The number of benzene rings is 1. The van der Waals surface area contributed by atoms with Crippen LogP contribution in [0.4, 0.5) is 0 Å². The number of amides is 1. The molecule has 0 aliphatic heterocycles. The topological polar surface area (TPSA) is 66.4 Å². The molecule has 0 radical (unpaired) electrons. The zero-order chi connectivity index (χ0) is 15.2. The summed E-state index contributed by atoms with van der Waals surface area (Å²) in [5.74, 6) is -0.834. The predicted octanol–water partition coefficient (Wildman–Crippen LogP) is 2.72.